The van der Waals surface area contributed by atoms with Crippen LogP contribution >= 0.6 is 11.8 Å². The summed E-state index contributed by atoms with van der Waals surface area (Å²) < 4.78 is 43.8. The van der Waals surface area contributed by atoms with Gasteiger partial charge in [0.25, 0.3) is 0 Å². The maximum atomic E-state index is 12.9. The topological polar surface area (TPSA) is 30.2 Å². The van der Waals surface area contributed by atoms with Crippen LogP contribution in [0, 0.1) is 13.8 Å². The summed E-state index contributed by atoms with van der Waals surface area (Å²) in [6.45, 7) is 3.67. The van der Waals surface area contributed by atoms with Gasteiger partial charge in [-0.25, -0.2) is 4.79 Å². The van der Waals surface area contributed by atoms with E-state index in [-0.39, 0.29) is 11.3 Å². The molecule has 0 bridgehead atoms. The molecule has 2 heterocycles. The molecule has 1 aliphatic rings. The summed E-state index contributed by atoms with van der Waals surface area (Å²) in [6.07, 6.45) is -4.49. The van der Waals surface area contributed by atoms with Crippen molar-refractivity contribution in [2.75, 3.05) is 0 Å². The molecule has 106 valence electrons. The Balaban J connectivity index is 2.28. The smallest absolute Gasteiger partial charge is 0.401 e. The molecular formula is C14H11F3O2S. The average molecular weight is 300 g/mol. The van der Waals surface area contributed by atoms with E-state index in [1.165, 1.54) is 0 Å². The Hall–Kier alpha value is -1.43. The zero-order chi connectivity index (χ0) is 14.7. The molecule has 0 radical (unpaired) electrons. The minimum absolute atomic E-state index is 0.103. The van der Waals surface area contributed by atoms with Crippen molar-refractivity contribution in [1.29, 1.82) is 0 Å². The minimum Gasteiger partial charge on any atom is -0.422 e. The van der Waals surface area contributed by atoms with Crippen LogP contribution in [0.4, 0.5) is 13.2 Å². The molecule has 20 heavy (non-hydrogen) atoms. The Morgan fingerprint density at radius 2 is 2.00 bits per heavy atom. The molecule has 1 aromatic carbocycles. The van der Waals surface area contributed by atoms with Crippen LogP contribution < -0.4 is 5.63 Å². The van der Waals surface area contributed by atoms with Gasteiger partial charge in [0.05, 0.1) is 4.90 Å². The van der Waals surface area contributed by atoms with Crippen LogP contribution in [-0.2, 0) is 6.42 Å². The summed E-state index contributed by atoms with van der Waals surface area (Å²) >= 11 is 0.566. The van der Waals surface area contributed by atoms with Gasteiger partial charge in [0, 0.05) is 5.39 Å². The highest BCUT2D eigenvalue weighted by Gasteiger charge is 2.45. The van der Waals surface area contributed by atoms with Gasteiger partial charge >= 0.3 is 11.8 Å². The molecule has 0 spiro atoms. The number of aryl methyl sites for hydroxylation is 2. The van der Waals surface area contributed by atoms with Gasteiger partial charge in [-0.15, -0.1) is 11.8 Å². The van der Waals surface area contributed by atoms with E-state index >= 15 is 0 Å². The first-order valence-electron chi connectivity index (χ1n) is 6.07. The number of thioether (sulfide) groups is 1. The largest absolute Gasteiger partial charge is 0.422 e. The highest BCUT2D eigenvalue weighted by Crippen LogP contribution is 2.45. The van der Waals surface area contributed by atoms with Crippen molar-refractivity contribution in [3.05, 3.63) is 39.2 Å². The summed E-state index contributed by atoms with van der Waals surface area (Å²) in [4.78, 5) is 12.0. The second kappa shape index (κ2) is 4.28. The summed E-state index contributed by atoms with van der Waals surface area (Å²) in [5, 5.41) is -0.920. The fraction of sp³-hybridized carbons (Fsp3) is 0.357. The molecule has 0 saturated carbocycles. The molecule has 0 N–H and O–H groups in total. The molecule has 1 aromatic heterocycles. The fourth-order valence-corrected chi connectivity index (χ4v) is 3.78. The van der Waals surface area contributed by atoms with E-state index in [1.807, 2.05) is 19.9 Å². The van der Waals surface area contributed by atoms with Crippen molar-refractivity contribution in [3.63, 3.8) is 0 Å². The second-order valence-corrected chi connectivity index (χ2v) is 6.22. The molecule has 0 amide bonds. The van der Waals surface area contributed by atoms with Crippen LogP contribution in [0.2, 0.25) is 0 Å². The molecule has 0 fully saturated rings. The average Bonchev–Trinajstić information content (AvgIpc) is 2.72. The lowest BCUT2D eigenvalue weighted by molar-refractivity contribution is -0.127. The van der Waals surface area contributed by atoms with E-state index < -0.39 is 17.1 Å². The first kappa shape index (κ1) is 13.5. The van der Waals surface area contributed by atoms with Gasteiger partial charge < -0.3 is 4.42 Å². The maximum Gasteiger partial charge on any atom is 0.401 e. The standard InChI is InChI=1S/C14H11F3O2S/c1-6-3-7(2)11-8-5-10(14(15,16)17)20-12(8)13(18)19-9(11)4-6/h3-4,10H,5H2,1-2H3/t10-/m0/s1. The monoisotopic (exact) mass is 300 g/mol. The number of halogens is 3. The minimum atomic E-state index is -4.32. The van der Waals surface area contributed by atoms with E-state index in [0.29, 0.717) is 28.3 Å². The number of rotatable bonds is 0. The molecule has 0 aliphatic carbocycles. The molecule has 6 heteroatoms. The van der Waals surface area contributed by atoms with Gasteiger partial charge in [-0.3, -0.25) is 0 Å². The SMILES string of the molecule is Cc1cc(C)c2c3c(c(=O)oc2c1)S[C@H](C(F)(F)F)C3. The van der Waals surface area contributed by atoms with Crippen LogP contribution in [0.15, 0.2) is 26.2 Å². The third-order valence-electron chi connectivity index (χ3n) is 3.42. The van der Waals surface area contributed by atoms with Gasteiger partial charge in [-0.05, 0) is 43.0 Å². The normalized spacial score (nSPS) is 18.6. The van der Waals surface area contributed by atoms with Gasteiger partial charge in [-0.2, -0.15) is 13.2 Å². The Bertz CT molecular complexity index is 762. The molecule has 0 saturated heterocycles. The van der Waals surface area contributed by atoms with E-state index in [4.69, 9.17) is 4.42 Å². The third kappa shape index (κ3) is 2.02. The van der Waals surface area contributed by atoms with Gasteiger partial charge in [0.15, 0.2) is 0 Å². The molecule has 2 aromatic rings. The molecule has 1 aliphatic heterocycles. The predicted octanol–water partition coefficient (Wildman–Crippen LogP) is 3.99. The Kier molecular flexibility index (Phi) is 2.90. The van der Waals surface area contributed by atoms with Crippen molar-refractivity contribution in [2.24, 2.45) is 0 Å². The number of fused-ring (bicyclic) bond motifs is 3. The lowest BCUT2D eigenvalue weighted by Gasteiger charge is -2.12. The zero-order valence-electron chi connectivity index (χ0n) is 10.8. The van der Waals surface area contributed by atoms with E-state index in [1.54, 1.807) is 6.07 Å². The van der Waals surface area contributed by atoms with E-state index in [0.717, 1.165) is 11.1 Å². The summed E-state index contributed by atoms with van der Waals surface area (Å²) in [5.74, 6) is 0. The second-order valence-electron chi connectivity index (χ2n) is 5.00. The number of benzene rings is 1. The van der Waals surface area contributed by atoms with E-state index in [9.17, 15) is 18.0 Å². The van der Waals surface area contributed by atoms with Crippen molar-refractivity contribution < 1.29 is 17.6 Å². The summed E-state index contributed by atoms with van der Waals surface area (Å²) in [7, 11) is 0. The maximum absolute atomic E-state index is 12.9. The quantitative estimate of drug-likeness (QED) is 0.689. The highest BCUT2D eigenvalue weighted by atomic mass is 32.2. The first-order valence-corrected chi connectivity index (χ1v) is 6.95. The van der Waals surface area contributed by atoms with Crippen molar-refractivity contribution >= 4 is 22.7 Å². The first-order chi connectivity index (χ1) is 9.27. The van der Waals surface area contributed by atoms with Crippen LogP contribution in [0.1, 0.15) is 16.7 Å². The van der Waals surface area contributed by atoms with Crippen LogP contribution in [-0.4, -0.2) is 11.4 Å². The Morgan fingerprint density at radius 3 is 2.65 bits per heavy atom. The summed E-state index contributed by atoms with van der Waals surface area (Å²) in [6, 6.07) is 3.57. The molecule has 0 unspecified atom stereocenters. The fourth-order valence-electron chi connectivity index (χ4n) is 2.64. The third-order valence-corrected chi connectivity index (χ3v) is 4.79. The van der Waals surface area contributed by atoms with Gasteiger partial charge in [0.2, 0.25) is 0 Å². The van der Waals surface area contributed by atoms with Crippen LogP contribution in [0.5, 0.6) is 0 Å². The van der Waals surface area contributed by atoms with Crippen molar-refractivity contribution in [2.45, 2.75) is 36.6 Å². The van der Waals surface area contributed by atoms with Crippen molar-refractivity contribution in [1.82, 2.24) is 0 Å². The molecular weight excluding hydrogens is 289 g/mol. The Morgan fingerprint density at radius 1 is 1.30 bits per heavy atom. The summed E-state index contributed by atoms with van der Waals surface area (Å²) in [5.41, 5.74) is 1.92. The number of alkyl halides is 3. The van der Waals surface area contributed by atoms with Crippen LogP contribution in [0.25, 0.3) is 11.0 Å². The predicted molar refractivity (Wildman–Crippen MR) is 71.4 cm³/mol. The van der Waals surface area contributed by atoms with Crippen molar-refractivity contribution in [3.8, 4) is 0 Å². The highest BCUT2D eigenvalue weighted by molar-refractivity contribution is 8.00. The van der Waals surface area contributed by atoms with Gasteiger partial charge in [-0.1, -0.05) is 6.07 Å². The Labute approximate surface area is 117 Å². The lowest BCUT2D eigenvalue weighted by Crippen LogP contribution is -2.24. The van der Waals surface area contributed by atoms with Crippen LogP contribution in [0.3, 0.4) is 0 Å². The zero-order valence-corrected chi connectivity index (χ0v) is 11.6. The molecule has 2 nitrogen and oxygen atoms in total. The lowest BCUT2D eigenvalue weighted by atomic mass is 9.99. The molecule has 3 rings (SSSR count). The van der Waals surface area contributed by atoms with Gasteiger partial charge in [0.1, 0.15) is 10.8 Å². The van der Waals surface area contributed by atoms with E-state index in [2.05, 4.69) is 0 Å². The molecule has 1 atom stereocenters. The number of hydrogen-bond acceptors (Lipinski definition) is 3. The number of hydrogen-bond donors (Lipinski definition) is 0.